The molecule has 0 bridgehead atoms. The second-order valence-corrected chi connectivity index (χ2v) is 7.96. The lowest BCUT2D eigenvalue weighted by Gasteiger charge is -2.08. The predicted octanol–water partition coefficient (Wildman–Crippen LogP) is 7.02. The second kappa shape index (κ2) is 10.6. The summed E-state index contributed by atoms with van der Waals surface area (Å²) in [4.78, 5) is 15.4. The van der Waals surface area contributed by atoms with Gasteiger partial charge in [0, 0.05) is 42.4 Å². The standard InChI is InChI=1S/C15H10F4N2.C11H15NO/c1-9-14(10-2-4-12(16)5-3-10)13-8-11(15(17,18)19)6-7-21(13)20-9;1-3-10(13)8-9(2)11-6-4-5-7-12-11/h2-8H,1H3;4-7,9H,3,8H2,1-2H3. The molecule has 178 valence electrons. The van der Waals surface area contributed by atoms with E-state index in [0.29, 0.717) is 41.0 Å². The zero-order valence-electron chi connectivity index (χ0n) is 19.1. The number of fused-ring (bicyclic) bond motifs is 1. The van der Waals surface area contributed by atoms with Crippen LogP contribution in [0.4, 0.5) is 17.6 Å². The monoisotopic (exact) mass is 471 g/mol. The molecule has 0 radical (unpaired) electrons. The maximum atomic E-state index is 13.0. The van der Waals surface area contributed by atoms with Crippen molar-refractivity contribution >= 4 is 11.3 Å². The van der Waals surface area contributed by atoms with Gasteiger partial charge in [0.15, 0.2) is 0 Å². The number of benzene rings is 1. The third-order valence-corrected chi connectivity index (χ3v) is 5.39. The molecular formula is C26H25F4N3O. The van der Waals surface area contributed by atoms with E-state index in [1.54, 1.807) is 13.1 Å². The van der Waals surface area contributed by atoms with E-state index in [-0.39, 0.29) is 5.92 Å². The van der Waals surface area contributed by atoms with Crippen LogP contribution in [0.25, 0.3) is 16.6 Å². The lowest BCUT2D eigenvalue weighted by atomic mass is 9.99. The Bertz CT molecular complexity index is 1250. The molecule has 3 aromatic heterocycles. The van der Waals surface area contributed by atoms with Crippen LogP contribution in [0.15, 0.2) is 67.0 Å². The Morgan fingerprint density at radius 1 is 1.09 bits per heavy atom. The van der Waals surface area contributed by atoms with Gasteiger partial charge in [-0.2, -0.15) is 18.3 Å². The molecule has 34 heavy (non-hydrogen) atoms. The normalized spacial score (nSPS) is 12.2. The van der Waals surface area contributed by atoms with Gasteiger partial charge in [0.1, 0.15) is 11.6 Å². The summed E-state index contributed by atoms with van der Waals surface area (Å²) >= 11 is 0. The number of alkyl halides is 3. The molecule has 1 atom stereocenters. The number of nitrogens with zero attached hydrogens (tertiary/aromatic N) is 3. The van der Waals surface area contributed by atoms with Crippen molar-refractivity contribution in [2.24, 2.45) is 0 Å². The quantitative estimate of drug-likeness (QED) is 0.294. The summed E-state index contributed by atoms with van der Waals surface area (Å²) in [6.45, 7) is 5.64. The molecule has 0 aliphatic carbocycles. The van der Waals surface area contributed by atoms with E-state index in [1.165, 1.54) is 35.0 Å². The van der Waals surface area contributed by atoms with Crippen molar-refractivity contribution in [3.05, 3.63) is 89.8 Å². The molecule has 0 N–H and O–H groups in total. The van der Waals surface area contributed by atoms with E-state index in [9.17, 15) is 22.4 Å². The molecule has 0 saturated carbocycles. The largest absolute Gasteiger partial charge is 0.416 e. The molecule has 0 fully saturated rings. The van der Waals surface area contributed by atoms with Gasteiger partial charge in [-0.05, 0) is 48.9 Å². The number of Topliss-reactive ketones (excluding diaryl/α,β-unsaturated/α-hetero) is 1. The predicted molar refractivity (Wildman–Crippen MR) is 123 cm³/mol. The molecule has 4 nitrogen and oxygen atoms in total. The fourth-order valence-corrected chi connectivity index (χ4v) is 3.57. The van der Waals surface area contributed by atoms with Crippen LogP contribution in [0.3, 0.4) is 0 Å². The van der Waals surface area contributed by atoms with E-state index in [1.807, 2.05) is 32.0 Å². The molecule has 0 aliphatic heterocycles. The number of pyridine rings is 2. The van der Waals surface area contributed by atoms with Gasteiger partial charge in [-0.25, -0.2) is 8.91 Å². The fraction of sp³-hybridized carbons (Fsp3) is 0.269. The lowest BCUT2D eigenvalue weighted by Crippen LogP contribution is -2.05. The van der Waals surface area contributed by atoms with Crippen molar-refractivity contribution in [1.29, 1.82) is 0 Å². The van der Waals surface area contributed by atoms with Crippen LogP contribution in [0.5, 0.6) is 0 Å². The first-order valence-corrected chi connectivity index (χ1v) is 10.8. The van der Waals surface area contributed by atoms with E-state index in [4.69, 9.17) is 0 Å². The van der Waals surface area contributed by atoms with Crippen LogP contribution in [-0.2, 0) is 11.0 Å². The van der Waals surface area contributed by atoms with E-state index < -0.39 is 17.6 Å². The number of aromatic nitrogens is 3. The molecule has 8 heteroatoms. The number of halogens is 4. The zero-order valence-corrected chi connectivity index (χ0v) is 19.1. The maximum Gasteiger partial charge on any atom is 0.416 e. The van der Waals surface area contributed by atoms with Gasteiger partial charge in [0.2, 0.25) is 0 Å². The lowest BCUT2D eigenvalue weighted by molar-refractivity contribution is -0.137. The van der Waals surface area contributed by atoms with Crippen LogP contribution < -0.4 is 0 Å². The summed E-state index contributed by atoms with van der Waals surface area (Å²) in [5, 5.41) is 4.19. The van der Waals surface area contributed by atoms with Crippen LogP contribution in [0, 0.1) is 12.7 Å². The third-order valence-electron chi connectivity index (χ3n) is 5.39. The molecule has 3 heterocycles. The smallest absolute Gasteiger partial charge is 0.300 e. The SMILES string of the molecule is CCC(=O)CC(C)c1ccccn1.Cc1nn2ccc(C(F)(F)F)cc2c1-c1ccc(F)cc1. The highest BCUT2D eigenvalue weighted by Crippen LogP contribution is 2.34. The average Bonchev–Trinajstić information content (AvgIpc) is 3.15. The van der Waals surface area contributed by atoms with Gasteiger partial charge in [0.25, 0.3) is 0 Å². The summed E-state index contributed by atoms with van der Waals surface area (Å²) in [5.74, 6) is 0.149. The number of hydrogen-bond acceptors (Lipinski definition) is 3. The Kier molecular flexibility index (Phi) is 7.81. The summed E-state index contributed by atoms with van der Waals surface area (Å²) in [6.07, 6.45) is -0.148. The minimum atomic E-state index is -4.42. The van der Waals surface area contributed by atoms with Gasteiger partial charge in [-0.15, -0.1) is 0 Å². The molecule has 1 unspecified atom stereocenters. The number of ketones is 1. The van der Waals surface area contributed by atoms with Crippen molar-refractivity contribution in [2.45, 2.75) is 45.7 Å². The molecule has 1 aromatic carbocycles. The first-order chi connectivity index (χ1) is 16.1. The Hall–Kier alpha value is -3.55. The average molecular weight is 471 g/mol. The number of hydrogen-bond donors (Lipinski definition) is 0. The first kappa shape index (κ1) is 25.1. The Morgan fingerprint density at radius 3 is 2.38 bits per heavy atom. The number of aryl methyl sites for hydroxylation is 1. The molecule has 0 saturated heterocycles. The van der Waals surface area contributed by atoms with Crippen LogP contribution in [0.2, 0.25) is 0 Å². The van der Waals surface area contributed by atoms with Crippen molar-refractivity contribution in [1.82, 2.24) is 14.6 Å². The summed E-state index contributed by atoms with van der Waals surface area (Å²) in [6, 6.07) is 13.4. The second-order valence-electron chi connectivity index (χ2n) is 7.96. The Morgan fingerprint density at radius 2 is 1.79 bits per heavy atom. The summed E-state index contributed by atoms with van der Waals surface area (Å²) in [5.41, 5.74) is 2.39. The minimum absolute atomic E-state index is 0.244. The highest BCUT2D eigenvalue weighted by molar-refractivity contribution is 5.82. The highest BCUT2D eigenvalue weighted by atomic mass is 19.4. The number of carbonyl (C=O) groups is 1. The Labute approximate surface area is 195 Å². The molecule has 0 spiro atoms. The van der Waals surface area contributed by atoms with E-state index in [0.717, 1.165) is 17.8 Å². The number of carbonyl (C=O) groups excluding carboxylic acids is 1. The molecular weight excluding hydrogens is 446 g/mol. The van der Waals surface area contributed by atoms with Crippen LogP contribution in [-0.4, -0.2) is 20.4 Å². The highest BCUT2D eigenvalue weighted by Gasteiger charge is 2.31. The van der Waals surface area contributed by atoms with Gasteiger partial charge >= 0.3 is 6.18 Å². The zero-order chi connectivity index (χ0) is 24.9. The first-order valence-electron chi connectivity index (χ1n) is 10.8. The molecule has 0 amide bonds. The van der Waals surface area contributed by atoms with Crippen molar-refractivity contribution in [3.63, 3.8) is 0 Å². The summed E-state index contributed by atoms with van der Waals surface area (Å²) in [7, 11) is 0. The summed E-state index contributed by atoms with van der Waals surface area (Å²) < 4.78 is 52.9. The Balaban J connectivity index is 0.000000215. The number of rotatable bonds is 5. The van der Waals surface area contributed by atoms with Gasteiger partial charge in [-0.1, -0.05) is 32.0 Å². The van der Waals surface area contributed by atoms with E-state index in [2.05, 4.69) is 10.1 Å². The van der Waals surface area contributed by atoms with E-state index >= 15 is 0 Å². The van der Waals surface area contributed by atoms with Gasteiger partial charge in [0.05, 0.1) is 16.8 Å². The minimum Gasteiger partial charge on any atom is -0.300 e. The van der Waals surface area contributed by atoms with Crippen molar-refractivity contribution in [3.8, 4) is 11.1 Å². The third kappa shape index (κ3) is 6.07. The van der Waals surface area contributed by atoms with Crippen molar-refractivity contribution in [2.75, 3.05) is 0 Å². The van der Waals surface area contributed by atoms with Gasteiger partial charge < -0.3 is 0 Å². The van der Waals surface area contributed by atoms with Gasteiger partial charge in [-0.3, -0.25) is 9.78 Å². The molecule has 0 aliphatic rings. The topological polar surface area (TPSA) is 47.3 Å². The molecule has 4 rings (SSSR count). The fourth-order valence-electron chi connectivity index (χ4n) is 3.57. The van der Waals surface area contributed by atoms with Crippen LogP contribution in [0.1, 0.15) is 49.6 Å². The van der Waals surface area contributed by atoms with Crippen molar-refractivity contribution < 1.29 is 22.4 Å². The maximum absolute atomic E-state index is 13.0. The molecule has 4 aromatic rings. The van der Waals surface area contributed by atoms with Crippen LogP contribution >= 0.6 is 0 Å².